The second-order valence-corrected chi connectivity index (χ2v) is 4.96. The monoisotopic (exact) mass is 263 g/mol. The number of ether oxygens (including phenoxy) is 1. The van der Waals surface area contributed by atoms with Crippen molar-refractivity contribution in [2.45, 2.75) is 25.8 Å². The Kier molecular flexibility index (Phi) is 4.27. The van der Waals surface area contributed by atoms with Crippen molar-refractivity contribution in [1.82, 2.24) is 4.90 Å². The number of nitrogens with one attached hydrogen (secondary N) is 1. The first kappa shape index (κ1) is 13.7. The zero-order valence-corrected chi connectivity index (χ0v) is 11.5. The number of likely N-dealkylation sites (tertiary alicyclic amines) is 1. The summed E-state index contributed by atoms with van der Waals surface area (Å²) in [5, 5.41) is 2.89. The van der Waals surface area contributed by atoms with E-state index < -0.39 is 0 Å². The molecule has 0 bridgehead atoms. The van der Waals surface area contributed by atoms with Gasteiger partial charge in [0.2, 0.25) is 0 Å². The van der Waals surface area contributed by atoms with Crippen LogP contribution in [0.2, 0.25) is 0 Å². The summed E-state index contributed by atoms with van der Waals surface area (Å²) in [5.74, 6) is 0.771. The van der Waals surface area contributed by atoms with E-state index in [-0.39, 0.29) is 12.1 Å². The van der Waals surface area contributed by atoms with E-state index in [9.17, 15) is 4.79 Å². The van der Waals surface area contributed by atoms with Crippen molar-refractivity contribution in [2.24, 2.45) is 5.73 Å². The number of anilines is 1. The number of carbonyl (C=O) groups excluding carboxylic acids is 1. The molecule has 1 aliphatic rings. The highest BCUT2D eigenvalue weighted by Crippen LogP contribution is 2.22. The van der Waals surface area contributed by atoms with E-state index in [0.717, 1.165) is 36.4 Å². The molecule has 1 saturated heterocycles. The number of hydrogen-bond donors (Lipinski definition) is 2. The Labute approximate surface area is 113 Å². The van der Waals surface area contributed by atoms with Gasteiger partial charge in [-0.3, -0.25) is 0 Å². The van der Waals surface area contributed by atoms with E-state index in [1.807, 2.05) is 25.1 Å². The van der Waals surface area contributed by atoms with E-state index >= 15 is 0 Å². The summed E-state index contributed by atoms with van der Waals surface area (Å²) in [4.78, 5) is 13.9. The Bertz CT molecular complexity index is 462. The van der Waals surface area contributed by atoms with Crippen LogP contribution in [0.1, 0.15) is 18.4 Å². The minimum atomic E-state index is -0.0962. The molecule has 104 valence electrons. The molecule has 1 fully saturated rings. The number of nitrogens with two attached hydrogens (primary N) is 1. The smallest absolute Gasteiger partial charge is 0.321 e. The fourth-order valence-corrected chi connectivity index (χ4v) is 2.29. The molecule has 0 aromatic heterocycles. The number of aryl methyl sites for hydroxylation is 1. The van der Waals surface area contributed by atoms with Crippen LogP contribution >= 0.6 is 0 Å². The van der Waals surface area contributed by atoms with E-state index in [0.29, 0.717) is 6.54 Å². The summed E-state index contributed by atoms with van der Waals surface area (Å²) in [6, 6.07) is 5.63. The molecule has 1 heterocycles. The van der Waals surface area contributed by atoms with Crippen molar-refractivity contribution >= 4 is 11.7 Å². The van der Waals surface area contributed by atoms with Gasteiger partial charge in [0.05, 0.1) is 7.11 Å². The maximum absolute atomic E-state index is 12.1. The van der Waals surface area contributed by atoms with Gasteiger partial charge in [0, 0.05) is 30.9 Å². The van der Waals surface area contributed by atoms with Crippen LogP contribution in [0.15, 0.2) is 18.2 Å². The molecule has 1 aromatic rings. The number of rotatable bonds is 2. The Hall–Kier alpha value is -1.75. The van der Waals surface area contributed by atoms with Crippen LogP contribution in [0.5, 0.6) is 5.75 Å². The van der Waals surface area contributed by atoms with Gasteiger partial charge in [0.25, 0.3) is 0 Å². The van der Waals surface area contributed by atoms with Crippen molar-refractivity contribution in [3.05, 3.63) is 23.8 Å². The molecule has 5 nitrogen and oxygen atoms in total. The lowest BCUT2D eigenvalue weighted by atomic mass is 10.1. The summed E-state index contributed by atoms with van der Waals surface area (Å²) >= 11 is 0. The molecular weight excluding hydrogens is 242 g/mol. The first-order chi connectivity index (χ1) is 9.10. The lowest BCUT2D eigenvalue weighted by Crippen LogP contribution is -2.47. The van der Waals surface area contributed by atoms with Crippen molar-refractivity contribution in [3.8, 4) is 5.75 Å². The van der Waals surface area contributed by atoms with Crippen LogP contribution < -0.4 is 15.8 Å². The summed E-state index contributed by atoms with van der Waals surface area (Å²) in [6.45, 7) is 3.35. The van der Waals surface area contributed by atoms with Crippen LogP contribution in [0.25, 0.3) is 0 Å². The summed E-state index contributed by atoms with van der Waals surface area (Å²) in [7, 11) is 1.62. The molecule has 0 spiro atoms. The van der Waals surface area contributed by atoms with Crippen molar-refractivity contribution in [3.63, 3.8) is 0 Å². The van der Waals surface area contributed by atoms with E-state index in [2.05, 4.69) is 5.32 Å². The molecule has 2 amide bonds. The number of carbonyl (C=O) groups is 1. The average molecular weight is 263 g/mol. The number of methoxy groups -OCH3 is 1. The average Bonchev–Trinajstić information content (AvgIpc) is 2.41. The predicted molar refractivity (Wildman–Crippen MR) is 75.5 cm³/mol. The lowest BCUT2D eigenvalue weighted by molar-refractivity contribution is 0.193. The SMILES string of the molecule is COc1cc(NC(=O)N2CCC[C@@H](N)C2)ccc1C. The Balaban J connectivity index is 2.02. The second kappa shape index (κ2) is 5.93. The third-order valence-corrected chi connectivity index (χ3v) is 3.40. The fraction of sp³-hybridized carbons (Fsp3) is 0.500. The molecule has 19 heavy (non-hydrogen) atoms. The van der Waals surface area contributed by atoms with E-state index in [1.165, 1.54) is 0 Å². The number of benzene rings is 1. The normalized spacial score (nSPS) is 19.1. The Morgan fingerprint density at radius 2 is 2.32 bits per heavy atom. The molecule has 1 aromatic carbocycles. The molecule has 2 rings (SSSR count). The van der Waals surface area contributed by atoms with Crippen molar-refractivity contribution < 1.29 is 9.53 Å². The van der Waals surface area contributed by atoms with E-state index in [1.54, 1.807) is 12.0 Å². The van der Waals surface area contributed by atoms with Crippen LogP contribution in [-0.4, -0.2) is 37.2 Å². The van der Waals surface area contributed by atoms with Crippen LogP contribution in [0.3, 0.4) is 0 Å². The van der Waals surface area contributed by atoms with Gasteiger partial charge < -0.3 is 20.7 Å². The molecule has 0 unspecified atom stereocenters. The molecular formula is C14H21N3O2. The molecule has 1 aliphatic heterocycles. The zero-order chi connectivity index (χ0) is 13.8. The lowest BCUT2D eigenvalue weighted by Gasteiger charge is -2.30. The largest absolute Gasteiger partial charge is 0.496 e. The highest BCUT2D eigenvalue weighted by atomic mass is 16.5. The standard InChI is InChI=1S/C14H21N3O2/c1-10-5-6-12(8-13(10)19-2)16-14(18)17-7-3-4-11(15)9-17/h5-6,8,11H,3-4,7,9,15H2,1-2H3,(H,16,18)/t11-/m1/s1. The topological polar surface area (TPSA) is 67.6 Å². The summed E-state index contributed by atoms with van der Waals surface area (Å²) in [5.41, 5.74) is 7.66. The van der Waals surface area contributed by atoms with Gasteiger partial charge in [0.1, 0.15) is 5.75 Å². The first-order valence-corrected chi connectivity index (χ1v) is 6.56. The Morgan fingerprint density at radius 3 is 3.00 bits per heavy atom. The predicted octanol–water partition coefficient (Wildman–Crippen LogP) is 1.96. The second-order valence-electron chi connectivity index (χ2n) is 4.96. The van der Waals surface area contributed by atoms with Gasteiger partial charge >= 0.3 is 6.03 Å². The molecule has 1 atom stereocenters. The molecule has 5 heteroatoms. The third-order valence-electron chi connectivity index (χ3n) is 3.40. The number of amides is 2. The number of nitrogens with zero attached hydrogens (tertiary/aromatic N) is 1. The number of piperidine rings is 1. The number of urea groups is 1. The Morgan fingerprint density at radius 1 is 1.53 bits per heavy atom. The highest BCUT2D eigenvalue weighted by Gasteiger charge is 2.21. The maximum Gasteiger partial charge on any atom is 0.321 e. The van der Waals surface area contributed by atoms with Crippen LogP contribution in [0.4, 0.5) is 10.5 Å². The highest BCUT2D eigenvalue weighted by molar-refractivity contribution is 5.89. The number of hydrogen-bond acceptors (Lipinski definition) is 3. The van der Waals surface area contributed by atoms with E-state index in [4.69, 9.17) is 10.5 Å². The molecule has 3 N–H and O–H groups in total. The molecule has 0 radical (unpaired) electrons. The van der Waals surface area contributed by atoms with Crippen molar-refractivity contribution in [2.75, 3.05) is 25.5 Å². The molecule has 0 aliphatic carbocycles. The van der Waals surface area contributed by atoms with Gasteiger partial charge in [-0.1, -0.05) is 6.07 Å². The van der Waals surface area contributed by atoms with Gasteiger partial charge in [-0.15, -0.1) is 0 Å². The molecule has 0 saturated carbocycles. The maximum atomic E-state index is 12.1. The van der Waals surface area contributed by atoms with Crippen molar-refractivity contribution in [1.29, 1.82) is 0 Å². The third kappa shape index (κ3) is 3.38. The summed E-state index contributed by atoms with van der Waals surface area (Å²) < 4.78 is 5.24. The van der Waals surface area contributed by atoms with Gasteiger partial charge in [-0.25, -0.2) is 4.79 Å². The van der Waals surface area contributed by atoms with Gasteiger partial charge in [0.15, 0.2) is 0 Å². The zero-order valence-electron chi connectivity index (χ0n) is 11.5. The van der Waals surface area contributed by atoms with Crippen LogP contribution in [-0.2, 0) is 0 Å². The quantitative estimate of drug-likeness (QED) is 0.857. The first-order valence-electron chi connectivity index (χ1n) is 6.56. The van der Waals surface area contributed by atoms with Gasteiger partial charge in [-0.2, -0.15) is 0 Å². The van der Waals surface area contributed by atoms with Gasteiger partial charge in [-0.05, 0) is 31.4 Å². The summed E-state index contributed by atoms with van der Waals surface area (Å²) in [6.07, 6.45) is 1.95. The minimum absolute atomic E-state index is 0.0899. The van der Waals surface area contributed by atoms with Crippen LogP contribution in [0, 0.1) is 6.92 Å². The fourth-order valence-electron chi connectivity index (χ4n) is 2.29. The minimum Gasteiger partial charge on any atom is -0.496 e.